The molecule has 0 bridgehead atoms. The number of ether oxygens (including phenoxy) is 2. The lowest BCUT2D eigenvalue weighted by molar-refractivity contribution is -0.286. The second-order valence-electron chi connectivity index (χ2n) is 4.25. The second-order valence-corrected chi connectivity index (χ2v) is 4.25. The van der Waals surface area contributed by atoms with Crippen molar-refractivity contribution in [3.05, 3.63) is 42.1 Å². The fraction of sp³-hybridized carbons (Fsp3) is 0.0769. The molecule has 0 fully saturated rings. The van der Waals surface area contributed by atoms with Gasteiger partial charge in [-0.25, -0.2) is 4.98 Å². The molecule has 3 N–H and O–H groups in total. The number of nitrogens with two attached hydrogens (primary N) is 1. The van der Waals surface area contributed by atoms with E-state index in [2.05, 4.69) is 19.8 Å². The number of carbonyl (C=O) groups is 1. The van der Waals surface area contributed by atoms with E-state index in [1.54, 1.807) is 0 Å². The first kappa shape index (κ1) is 13.1. The second kappa shape index (κ2) is 4.58. The Bertz CT molecular complexity index is 704. The van der Waals surface area contributed by atoms with E-state index in [1.807, 2.05) is 0 Å². The molecule has 8 heteroatoms. The summed E-state index contributed by atoms with van der Waals surface area (Å²) in [6.07, 6.45) is -2.38. The van der Waals surface area contributed by atoms with Gasteiger partial charge in [0.1, 0.15) is 5.82 Å². The molecule has 0 radical (unpaired) electrons. The van der Waals surface area contributed by atoms with E-state index in [0.29, 0.717) is 0 Å². The van der Waals surface area contributed by atoms with Crippen LogP contribution in [0, 0.1) is 0 Å². The molecule has 0 aliphatic carbocycles. The molecule has 6 nitrogen and oxygen atoms in total. The minimum Gasteiger partial charge on any atom is -0.395 e. The van der Waals surface area contributed by atoms with E-state index >= 15 is 0 Å². The van der Waals surface area contributed by atoms with Crippen LogP contribution in [0.2, 0.25) is 0 Å². The van der Waals surface area contributed by atoms with Crippen LogP contribution in [0.25, 0.3) is 0 Å². The van der Waals surface area contributed by atoms with Gasteiger partial charge in [-0.1, -0.05) is 0 Å². The topological polar surface area (TPSA) is 86.5 Å². The Morgan fingerprint density at radius 1 is 1.19 bits per heavy atom. The number of nitrogens with one attached hydrogen (secondary N) is 1. The summed E-state index contributed by atoms with van der Waals surface area (Å²) in [6.45, 7) is 0. The highest BCUT2D eigenvalue weighted by atomic mass is 19.3. The predicted molar refractivity (Wildman–Crippen MR) is 69.2 cm³/mol. The molecule has 0 atom stereocenters. The zero-order valence-electron chi connectivity index (χ0n) is 10.5. The highest BCUT2D eigenvalue weighted by molar-refractivity contribution is 6.04. The van der Waals surface area contributed by atoms with Crippen LogP contribution in [0.4, 0.5) is 20.3 Å². The number of halogens is 2. The first-order valence-corrected chi connectivity index (χ1v) is 5.86. The van der Waals surface area contributed by atoms with Gasteiger partial charge in [-0.05, 0) is 24.3 Å². The van der Waals surface area contributed by atoms with Crippen molar-refractivity contribution in [2.45, 2.75) is 6.29 Å². The van der Waals surface area contributed by atoms with Crippen molar-refractivity contribution in [2.24, 2.45) is 0 Å². The zero-order chi connectivity index (χ0) is 15.0. The number of anilines is 2. The van der Waals surface area contributed by atoms with Crippen molar-refractivity contribution in [1.29, 1.82) is 0 Å². The molecule has 1 amide bonds. The van der Waals surface area contributed by atoms with Gasteiger partial charge >= 0.3 is 6.29 Å². The van der Waals surface area contributed by atoms with Crippen LogP contribution < -0.4 is 20.5 Å². The highest BCUT2D eigenvalue weighted by Gasteiger charge is 2.43. The van der Waals surface area contributed by atoms with Crippen LogP contribution in [-0.2, 0) is 0 Å². The molecule has 108 valence electrons. The van der Waals surface area contributed by atoms with Crippen LogP contribution in [0.15, 0.2) is 36.5 Å². The minimum atomic E-state index is -3.69. The van der Waals surface area contributed by atoms with Gasteiger partial charge in [0.05, 0.1) is 5.56 Å². The van der Waals surface area contributed by atoms with Gasteiger partial charge < -0.3 is 20.5 Å². The smallest absolute Gasteiger partial charge is 0.395 e. The summed E-state index contributed by atoms with van der Waals surface area (Å²) in [4.78, 5) is 15.7. The molecule has 2 heterocycles. The summed E-state index contributed by atoms with van der Waals surface area (Å²) in [5, 5.41) is 2.53. The minimum absolute atomic E-state index is 0.0906. The van der Waals surface area contributed by atoms with E-state index in [0.717, 1.165) is 0 Å². The standard InChI is InChI=1S/C13H9F2N3O3/c14-13(15)20-9-3-2-8(5-10(9)21-13)18-12(19)7-1-4-11(16)17-6-7/h1-6H,(H2,16,17)(H,18,19). The number of hydrogen-bond donors (Lipinski definition) is 2. The normalized spacial score (nSPS) is 14.8. The number of rotatable bonds is 2. The largest absolute Gasteiger partial charge is 0.586 e. The SMILES string of the molecule is Nc1ccc(C(=O)Nc2ccc3c(c2)OC(F)(F)O3)cn1. The third-order valence-electron chi connectivity index (χ3n) is 2.71. The number of fused-ring (bicyclic) bond motifs is 1. The number of pyridine rings is 1. The maximum absolute atomic E-state index is 12.9. The van der Waals surface area contributed by atoms with E-state index in [1.165, 1.54) is 36.5 Å². The summed E-state index contributed by atoms with van der Waals surface area (Å²) < 4.78 is 34.3. The zero-order valence-corrected chi connectivity index (χ0v) is 10.5. The Labute approximate surface area is 117 Å². The third kappa shape index (κ3) is 2.69. The number of nitrogens with zero attached hydrogens (tertiary/aromatic N) is 1. The summed E-state index contributed by atoms with van der Waals surface area (Å²) in [5.41, 5.74) is 6.00. The molecule has 0 saturated heterocycles. The van der Waals surface area contributed by atoms with Crippen LogP contribution in [0.1, 0.15) is 10.4 Å². The third-order valence-corrected chi connectivity index (χ3v) is 2.71. The maximum atomic E-state index is 12.9. The Balaban J connectivity index is 1.77. The summed E-state index contributed by atoms with van der Waals surface area (Å²) >= 11 is 0. The summed E-state index contributed by atoms with van der Waals surface area (Å²) in [6, 6.07) is 6.94. The number of aromatic nitrogens is 1. The Morgan fingerprint density at radius 3 is 2.67 bits per heavy atom. The summed E-state index contributed by atoms with van der Waals surface area (Å²) in [7, 11) is 0. The van der Waals surface area contributed by atoms with Crippen molar-refractivity contribution in [1.82, 2.24) is 4.98 Å². The lowest BCUT2D eigenvalue weighted by Crippen LogP contribution is -2.25. The monoisotopic (exact) mass is 293 g/mol. The summed E-state index contributed by atoms with van der Waals surface area (Å²) in [5.74, 6) is -0.398. The number of nitrogen functional groups attached to an aromatic ring is 1. The molecule has 1 aliphatic rings. The molecule has 0 unspecified atom stereocenters. The van der Waals surface area contributed by atoms with Gasteiger partial charge in [-0.15, -0.1) is 8.78 Å². The Hall–Kier alpha value is -2.90. The Kier molecular flexibility index (Phi) is 2.86. The Morgan fingerprint density at radius 2 is 1.95 bits per heavy atom. The van der Waals surface area contributed by atoms with E-state index < -0.39 is 12.2 Å². The number of hydrogen-bond acceptors (Lipinski definition) is 5. The maximum Gasteiger partial charge on any atom is 0.586 e. The molecule has 1 aromatic carbocycles. The fourth-order valence-electron chi connectivity index (χ4n) is 1.77. The number of amides is 1. The van der Waals surface area contributed by atoms with Crippen LogP contribution in [0.5, 0.6) is 11.5 Å². The first-order valence-electron chi connectivity index (χ1n) is 5.86. The van der Waals surface area contributed by atoms with Gasteiger partial charge in [0, 0.05) is 18.0 Å². The van der Waals surface area contributed by atoms with Gasteiger partial charge in [0.15, 0.2) is 11.5 Å². The molecule has 0 spiro atoms. The number of alkyl halides is 2. The van der Waals surface area contributed by atoms with E-state index in [-0.39, 0.29) is 28.6 Å². The predicted octanol–water partition coefficient (Wildman–Crippen LogP) is 2.24. The van der Waals surface area contributed by atoms with Crippen LogP contribution in [0.3, 0.4) is 0 Å². The average molecular weight is 293 g/mol. The molecular weight excluding hydrogens is 284 g/mol. The van der Waals surface area contributed by atoms with Crippen molar-refractivity contribution in [3.63, 3.8) is 0 Å². The van der Waals surface area contributed by atoms with Crippen molar-refractivity contribution in [2.75, 3.05) is 11.1 Å². The van der Waals surface area contributed by atoms with Gasteiger partial charge in [-0.2, -0.15) is 0 Å². The number of carbonyl (C=O) groups excluding carboxylic acids is 1. The average Bonchev–Trinajstić information content (AvgIpc) is 2.72. The molecule has 1 aliphatic heterocycles. The van der Waals surface area contributed by atoms with E-state index in [4.69, 9.17) is 5.73 Å². The van der Waals surface area contributed by atoms with Crippen molar-refractivity contribution in [3.8, 4) is 11.5 Å². The molecule has 3 rings (SSSR count). The van der Waals surface area contributed by atoms with Crippen molar-refractivity contribution < 1.29 is 23.0 Å². The first-order chi connectivity index (χ1) is 9.93. The molecule has 2 aromatic rings. The van der Waals surface area contributed by atoms with E-state index in [9.17, 15) is 13.6 Å². The van der Waals surface area contributed by atoms with Crippen molar-refractivity contribution >= 4 is 17.4 Å². The molecule has 21 heavy (non-hydrogen) atoms. The highest BCUT2D eigenvalue weighted by Crippen LogP contribution is 2.42. The lowest BCUT2D eigenvalue weighted by Gasteiger charge is -2.06. The van der Waals surface area contributed by atoms with Gasteiger partial charge in [0.25, 0.3) is 5.91 Å². The molecule has 1 aromatic heterocycles. The van der Waals surface area contributed by atoms with Crippen LogP contribution >= 0.6 is 0 Å². The quantitative estimate of drug-likeness (QED) is 0.886. The van der Waals surface area contributed by atoms with Crippen LogP contribution in [-0.4, -0.2) is 17.2 Å². The number of benzene rings is 1. The lowest BCUT2D eigenvalue weighted by atomic mass is 10.2. The van der Waals surface area contributed by atoms with Gasteiger partial charge in [-0.3, -0.25) is 4.79 Å². The molecule has 0 saturated carbocycles. The fourth-order valence-corrected chi connectivity index (χ4v) is 1.77. The van der Waals surface area contributed by atoms with Gasteiger partial charge in [0.2, 0.25) is 0 Å². The molecular formula is C13H9F2N3O3.